The van der Waals surface area contributed by atoms with Gasteiger partial charge in [-0.2, -0.15) is 0 Å². The maximum atomic E-state index is 12.1. The van der Waals surface area contributed by atoms with Gasteiger partial charge in [-0.25, -0.2) is 4.98 Å². The van der Waals surface area contributed by atoms with Gasteiger partial charge >= 0.3 is 0 Å². The Hall–Kier alpha value is -1.92. The van der Waals surface area contributed by atoms with Crippen molar-refractivity contribution in [1.82, 2.24) is 10.3 Å². The molecule has 1 heterocycles. The van der Waals surface area contributed by atoms with E-state index in [1.165, 1.54) is 16.9 Å². The SMILES string of the molecule is COCCCNC(=O)c1sc(COc2ccc(C)cc2)nc1C. The van der Waals surface area contributed by atoms with Gasteiger partial charge in [0.05, 0.1) is 5.69 Å². The van der Waals surface area contributed by atoms with Crippen molar-refractivity contribution in [2.45, 2.75) is 26.9 Å². The zero-order valence-corrected chi connectivity index (χ0v) is 14.5. The molecule has 1 aromatic heterocycles. The predicted molar refractivity (Wildman–Crippen MR) is 91.2 cm³/mol. The van der Waals surface area contributed by atoms with Crippen molar-refractivity contribution in [1.29, 1.82) is 0 Å². The minimum absolute atomic E-state index is 0.0855. The lowest BCUT2D eigenvalue weighted by molar-refractivity contribution is 0.0952. The molecule has 0 aliphatic carbocycles. The van der Waals surface area contributed by atoms with Gasteiger partial charge in [-0.05, 0) is 32.4 Å². The van der Waals surface area contributed by atoms with E-state index in [0.29, 0.717) is 24.6 Å². The second-order valence-corrected chi connectivity index (χ2v) is 6.31. The van der Waals surface area contributed by atoms with Crippen molar-refractivity contribution >= 4 is 17.2 Å². The topological polar surface area (TPSA) is 60.5 Å². The second-order valence-electron chi connectivity index (χ2n) is 5.23. The number of carbonyl (C=O) groups excluding carboxylic acids is 1. The highest BCUT2D eigenvalue weighted by atomic mass is 32.1. The third-order valence-electron chi connectivity index (χ3n) is 3.24. The van der Waals surface area contributed by atoms with Gasteiger partial charge < -0.3 is 14.8 Å². The molecule has 0 radical (unpaired) electrons. The molecule has 0 saturated carbocycles. The number of benzene rings is 1. The zero-order valence-electron chi connectivity index (χ0n) is 13.7. The van der Waals surface area contributed by atoms with Crippen molar-refractivity contribution in [3.63, 3.8) is 0 Å². The Morgan fingerprint density at radius 1 is 1.26 bits per heavy atom. The average molecular weight is 334 g/mol. The lowest BCUT2D eigenvalue weighted by Crippen LogP contribution is -2.24. The standard InChI is InChI=1S/C17H22N2O3S/c1-12-5-7-14(8-6-12)22-11-15-19-13(2)16(23-15)17(20)18-9-4-10-21-3/h5-8H,4,9-11H2,1-3H3,(H,18,20). The maximum Gasteiger partial charge on any atom is 0.263 e. The van der Waals surface area contributed by atoms with E-state index in [1.807, 2.05) is 38.1 Å². The summed E-state index contributed by atoms with van der Waals surface area (Å²) >= 11 is 1.37. The first kappa shape index (κ1) is 17.4. The summed E-state index contributed by atoms with van der Waals surface area (Å²) in [5, 5.41) is 3.68. The molecule has 1 aromatic carbocycles. The molecule has 0 spiro atoms. The zero-order chi connectivity index (χ0) is 16.7. The average Bonchev–Trinajstić information content (AvgIpc) is 2.92. The molecule has 0 bridgehead atoms. The molecular formula is C17H22N2O3S. The number of nitrogens with one attached hydrogen (secondary N) is 1. The van der Waals surface area contributed by atoms with E-state index in [9.17, 15) is 4.79 Å². The van der Waals surface area contributed by atoms with E-state index in [1.54, 1.807) is 7.11 Å². The van der Waals surface area contributed by atoms with Crippen LogP contribution in [0.5, 0.6) is 5.75 Å². The number of rotatable bonds is 8. The van der Waals surface area contributed by atoms with Gasteiger partial charge in [-0.15, -0.1) is 11.3 Å². The fraction of sp³-hybridized carbons (Fsp3) is 0.412. The summed E-state index contributed by atoms with van der Waals surface area (Å²) in [5.41, 5.74) is 1.93. The van der Waals surface area contributed by atoms with Crippen LogP contribution in [0.3, 0.4) is 0 Å². The number of aryl methyl sites for hydroxylation is 2. The van der Waals surface area contributed by atoms with Gasteiger partial charge in [0.1, 0.15) is 22.2 Å². The first-order valence-corrected chi connectivity index (χ1v) is 8.34. The van der Waals surface area contributed by atoms with Gasteiger partial charge in [0.15, 0.2) is 0 Å². The molecule has 5 nitrogen and oxygen atoms in total. The van der Waals surface area contributed by atoms with Crippen molar-refractivity contribution in [2.24, 2.45) is 0 Å². The molecule has 0 fully saturated rings. The fourth-order valence-electron chi connectivity index (χ4n) is 2.00. The van der Waals surface area contributed by atoms with Crippen LogP contribution in [0.2, 0.25) is 0 Å². The Balaban J connectivity index is 1.89. The van der Waals surface area contributed by atoms with Gasteiger partial charge in [0.2, 0.25) is 0 Å². The van der Waals surface area contributed by atoms with Gasteiger partial charge in [0.25, 0.3) is 5.91 Å². The molecule has 1 N–H and O–H groups in total. The quantitative estimate of drug-likeness (QED) is 0.754. The fourth-order valence-corrected chi connectivity index (χ4v) is 2.90. The third-order valence-corrected chi connectivity index (χ3v) is 4.37. The Labute approximate surface area is 140 Å². The summed E-state index contributed by atoms with van der Waals surface area (Å²) < 4.78 is 10.7. The number of aromatic nitrogens is 1. The minimum Gasteiger partial charge on any atom is -0.486 e. The Morgan fingerprint density at radius 2 is 2.00 bits per heavy atom. The first-order chi connectivity index (χ1) is 11.1. The first-order valence-electron chi connectivity index (χ1n) is 7.53. The van der Waals surface area contributed by atoms with Crippen molar-refractivity contribution in [3.8, 4) is 5.75 Å². The van der Waals surface area contributed by atoms with E-state index in [2.05, 4.69) is 10.3 Å². The molecule has 2 aromatic rings. The summed E-state index contributed by atoms with van der Waals surface area (Å²) in [6.07, 6.45) is 0.795. The van der Waals surface area contributed by atoms with Crippen molar-refractivity contribution in [2.75, 3.05) is 20.3 Å². The normalized spacial score (nSPS) is 10.6. The molecule has 0 aliphatic heterocycles. The lowest BCUT2D eigenvalue weighted by atomic mass is 10.2. The summed E-state index contributed by atoms with van der Waals surface area (Å²) in [4.78, 5) is 17.2. The monoisotopic (exact) mass is 334 g/mol. The molecule has 23 heavy (non-hydrogen) atoms. The Kier molecular flexibility index (Phi) is 6.55. The van der Waals surface area contributed by atoms with Crippen LogP contribution in [0.1, 0.15) is 32.4 Å². The van der Waals surface area contributed by atoms with Crippen LogP contribution in [0.15, 0.2) is 24.3 Å². The van der Waals surface area contributed by atoms with E-state index in [-0.39, 0.29) is 5.91 Å². The lowest BCUT2D eigenvalue weighted by Gasteiger charge is -2.04. The number of carbonyl (C=O) groups is 1. The summed E-state index contributed by atoms with van der Waals surface area (Å²) in [7, 11) is 1.65. The number of methoxy groups -OCH3 is 1. The molecule has 0 unspecified atom stereocenters. The molecule has 6 heteroatoms. The second kappa shape index (κ2) is 8.64. The van der Waals surface area contributed by atoms with Crippen LogP contribution in [0, 0.1) is 13.8 Å². The number of hydrogen-bond donors (Lipinski definition) is 1. The third kappa shape index (κ3) is 5.33. The van der Waals surface area contributed by atoms with Crippen LogP contribution in [-0.4, -0.2) is 31.2 Å². The van der Waals surface area contributed by atoms with Gasteiger partial charge in [-0.1, -0.05) is 17.7 Å². The molecular weight excluding hydrogens is 312 g/mol. The highest BCUT2D eigenvalue weighted by Gasteiger charge is 2.15. The van der Waals surface area contributed by atoms with Crippen molar-refractivity contribution in [3.05, 3.63) is 45.4 Å². The van der Waals surface area contributed by atoms with Crippen LogP contribution in [0.25, 0.3) is 0 Å². The molecule has 2 rings (SSSR count). The number of amides is 1. The molecule has 0 saturated heterocycles. The Morgan fingerprint density at radius 3 is 2.70 bits per heavy atom. The van der Waals surface area contributed by atoms with E-state index in [4.69, 9.17) is 9.47 Å². The van der Waals surface area contributed by atoms with Crippen LogP contribution in [-0.2, 0) is 11.3 Å². The van der Waals surface area contributed by atoms with Gasteiger partial charge in [0, 0.05) is 20.3 Å². The number of nitrogens with zero attached hydrogens (tertiary/aromatic N) is 1. The van der Waals surface area contributed by atoms with Gasteiger partial charge in [-0.3, -0.25) is 4.79 Å². The Bertz CT molecular complexity index is 638. The summed E-state index contributed by atoms with van der Waals surface area (Å²) in [5.74, 6) is 0.715. The highest BCUT2D eigenvalue weighted by Crippen LogP contribution is 2.20. The van der Waals surface area contributed by atoms with Crippen molar-refractivity contribution < 1.29 is 14.3 Å². The smallest absolute Gasteiger partial charge is 0.263 e. The highest BCUT2D eigenvalue weighted by molar-refractivity contribution is 7.13. The maximum absolute atomic E-state index is 12.1. The molecule has 1 amide bonds. The number of hydrogen-bond acceptors (Lipinski definition) is 5. The number of ether oxygens (including phenoxy) is 2. The van der Waals surface area contributed by atoms with Crippen LogP contribution in [0.4, 0.5) is 0 Å². The van der Waals surface area contributed by atoms with E-state index < -0.39 is 0 Å². The van der Waals surface area contributed by atoms with Crippen LogP contribution < -0.4 is 10.1 Å². The summed E-state index contributed by atoms with van der Waals surface area (Å²) in [6.45, 7) is 5.48. The summed E-state index contributed by atoms with van der Waals surface area (Å²) in [6, 6.07) is 7.86. The number of thiazole rings is 1. The molecule has 0 atom stereocenters. The largest absolute Gasteiger partial charge is 0.486 e. The van der Waals surface area contributed by atoms with Crippen LogP contribution >= 0.6 is 11.3 Å². The van der Waals surface area contributed by atoms with E-state index >= 15 is 0 Å². The minimum atomic E-state index is -0.0855. The van der Waals surface area contributed by atoms with E-state index in [0.717, 1.165) is 22.9 Å². The molecule has 124 valence electrons. The predicted octanol–water partition coefficient (Wildman–Crippen LogP) is 3.11. The molecule has 0 aliphatic rings.